The normalized spacial score (nSPS) is 11.3. The highest BCUT2D eigenvalue weighted by Gasteiger charge is 2.12. The van der Waals surface area contributed by atoms with Crippen LogP contribution in [0.25, 0.3) is 0 Å². The van der Waals surface area contributed by atoms with Crippen molar-refractivity contribution in [2.24, 2.45) is 0 Å². The lowest BCUT2D eigenvalue weighted by atomic mass is 9.99. The molecule has 2 rings (SSSR count). The fourth-order valence-electron chi connectivity index (χ4n) is 3.22. The molecular weight excluding hydrogens is 398 g/mol. The average Bonchev–Trinajstić information content (AvgIpc) is 2.66. The van der Waals surface area contributed by atoms with Crippen molar-refractivity contribution in [1.82, 2.24) is 5.32 Å². The van der Waals surface area contributed by atoms with Crippen LogP contribution in [0.2, 0.25) is 0 Å². The molecule has 0 spiro atoms. The minimum atomic E-state index is -1.01. The number of carbonyl (C=O) groups is 2. The first-order valence-electron chi connectivity index (χ1n) is 10.3. The third kappa shape index (κ3) is 9.63. The number of nitrogens with one attached hydrogen (secondary N) is 1. The van der Waals surface area contributed by atoms with E-state index in [1.54, 1.807) is 32.0 Å². The van der Waals surface area contributed by atoms with Gasteiger partial charge in [-0.15, -0.1) is 0 Å². The molecule has 7 heteroatoms. The molecular formula is C24H31NO6. The van der Waals surface area contributed by atoms with Gasteiger partial charge in [0.2, 0.25) is 0 Å². The molecule has 0 aliphatic rings. The lowest BCUT2D eigenvalue weighted by Gasteiger charge is -2.16. The zero-order valence-electron chi connectivity index (χ0n) is 18.1. The summed E-state index contributed by atoms with van der Waals surface area (Å²) in [6, 6.07) is 12.8. The minimum absolute atomic E-state index is 0.214. The second kappa shape index (κ2) is 11.5. The van der Waals surface area contributed by atoms with Crippen LogP contribution in [-0.2, 0) is 35.6 Å². The van der Waals surface area contributed by atoms with Crippen LogP contribution >= 0.6 is 0 Å². The molecule has 0 radical (unpaired) electrons. The Kier molecular flexibility index (Phi) is 9.03. The molecule has 0 aromatic heterocycles. The van der Waals surface area contributed by atoms with E-state index in [9.17, 15) is 14.7 Å². The molecule has 0 atom stereocenters. The standard InChI is InChI=1S/C24H31NO6/c1-24(2,30)9-4-10-25-15-17-5-3-6-21(12-17)31-16-18-7-8-19(13-22(26)27)20(11-18)14-23(28)29/h3,5-8,11-12,25,30H,4,9-10,13-16H2,1-2H3,(H,26,27)(H,28,29). The minimum Gasteiger partial charge on any atom is -0.489 e. The lowest BCUT2D eigenvalue weighted by molar-refractivity contribution is -0.137. The van der Waals surface area contributed by atoms with Gasteiger partial charge in [0.15, 0.2) is 0 Å². The molecule has 0 aliphatic carbocycles. The molecule has 0 saturated heterocycles. The first-order chi connectivity index (χ1) is 14.6. The maximum Gasteiger partial charge on any atom is 0.307 e. The number of rotatable bonds is 13. The SMILES string of the molecule is CC(C)(O)CCCNCc1cccc(OCc2ccc(CC(=O)O)c(CC(=O)O)c2)c1. The molecule has 2 aromatic carbocycles. The number of carboxylic acid groups (broad SMARTS) is 2. The highest BCUT2D eigenvalue weighted by atomic mass is 16.5. The summed E-state index contributed by atoms with van der Waals surface area (Å²) in [6.45, 7) is 5.36. The predicted octanol–water partition coefficient (Wildman–Crippen LogP) is 3.16. The Morgan fingerprint density at radius 1 is 0.968 bits per heavy atom. The van der Waals surface area contributed by atoms with Crippen molar-refractivity contribution in [1.29, 1.82) is 0 Å². The molecule has 31 heavy (non-hydrogen) atoms. The summed E-state index contributed by atoms with van der Waals surface area (Å²) in [4.78, 5) is 22.1. The summed E-state index contributed by atoms with van der Waals surface area (Å²) in [5.41, 5.74) is 2.19. The van der Waals surface area contributed by atoms with Gasteiger partial charge in [-0.05, 0) is 67.6 Å². The molecule has 0 fully saturated rings. The van der Waals surface area contributed by atoms with Crippen molar-refractivity contribution in [2.45, 2.75) is 58.3 Å². The molecule has 4 N–H and O–H groups in total. The molecule has 7 nitrogen and oxygen atoms in total. The second-order valence-corrected chi connectivity index (χ2v) is 8.27. The smallest absolute Gasteiger partial charge is 0.307 e. The van der Waals surface area contributed by atoms with Gasteiger partial charge in [-0.1, -0.05) is 30.3 Å². The van der Waals surface area contributed by atoms with E-state index < -0.39 is 17.5 Å². The van der Waals surface area contributed by atoms with Crippen LogP contribution in [-0.4, -0.2) is 39.4 Å². The van der Waals surface area contributed by atoms with Gasteiger partial charge in [-0.25, -0.2) is 0 Å². The molecule has 0 amide bonds. The maximum atomic E-state index is 11.1. The van der Waals surface area contributed by atoms with Gasteiger partial charge in [0.1, 0.15) is 12.4 Å². The zero-order chi connectivity index (χ0) is 22.9. The van der Waals surface area contributed by atoms with E-state index in [1.165, 1.54) is 0 Å². The Balaban J connectivity index is 1.93. The van der Waals surface area contributed by atoms with Gasteiger partial charge in [-0.2, -0.15) is 0 Å². The summed E-state index contributed by atoms with van der Waals surface area (Å²) in [5.74, 6) is -1.31. The van der Waals surface area contributed by atoms with E-state index in [0.717, 1.165) is 30.5 Å². The quantitative estimate of drug-likeness (QED) is 0.362. The molecule has 168 valence electrons. The van der Waals surface area contributed by atoms with Crippen molar-refractivity contribution >= 4 is 11.9 Å². The van der Waals surface area contributed by atoms with Crippen LogP contribution in [0.4, 0.5) is 0 Å². The first-order valence-corrected chi connectivity index (χ1v) is 10.3. The van der Waals surface area contributed by atoms with E-state index in [2.05, 4.69) is 5.32 Å². The van der Waals surface area contributed by atoms with Gasteiger partial charge in [-0.3, -0.25) is 9.59 Å². The van der Waals surface area contributed by atoms with Gasteiger partial charge in [0, 0.05) is 6.54 Å². The van der Waals surface area contributed by atoms with Crippen LogP contribution in [0.15, 0.2) is 42.5 Å². The van der Waals surface area contributed by atoms with E-state index in [4.69, 9.17) is 14.9 Å². The summed E-state index contributed by atoms with van der Waals surface area (Å²) in [6.07, 6.45) is 1.17. The lowest BCUT2D eigenvalue weighted by Crippen LogP contribution is -2.22. The number of benzene rings is 2. The summed E-state index contributed by atoms with van der Waals surface area (Å²) in [5, 5.41) is 31.2. The van der Waals surface area contributed by atoms with E-state index in [-0.39, 0.29) is 19.4 Å². The predicted molar refractivity (Wildman–Crippen MR) is 117 cm³/mol. The van der Waals surface area contributed by atoms with Crippen LogP contribution in [0, 0.1) is 0 Å². The number of ether oxygens (including phenoxy) is 1. The highest BCUT2D eigenvalue weighted by molar-refractivity contribution is 5.74. The summed E-state index contributed by atoms with van der Waals surface area (Å²) in [7, 11) is 0. The number of carboxylic acids is 2. The van der Waals surface area contributed by atoms with Gasteiger partial charge in [0.05, 0.1) is 18.4 Å². The molecule has 0 saturated carbocycles. The largest absolute Gasteiger partial charge is 0.489 e. The van der Waals surface area contributed by atoms with Crippen LogP contribution in [0.3, 0.4) is 0 Å². The average molecular weight is 430 g/mol. The van der Waals surface area contributed by atoms with Gasteiger partial charge >= 0.3 is 11.9 Å². The number of hydrogen-bond donors (Lipinski definition) is 4. The zero-order valence-corrected chi connectivity index (χ0v) is 18.1. The molecule has 2 aromatic rings. The Morgan fingerprint density at radius 3 is 2.35 bits per heavy atom. The van der Waals surface area contributed by atoms with Crippen LogP contribution in [0.1, 0.15) is 48.9 Å². The summed E-state index contributed by atoms with van der Waals surface area (Å²) < 4.78 is 5.86. The number of aliphatic hydroxyl groups is 1. The molecule has 0 heterocycles. The highest BCUT2D eigenvalue weighted by Crippen LogP contribution is 2.18. The van der Waals surface area contributed by atoms with Crippen LogP contribution < -0.4 is 10.1 Å². The van der Waals surface area contributed by atoms with Crippen molar-refractivity contribution in [2.75, 3.05) is 6.54 Å². The van der Waals surface area contributed by atoms with Crippen molar-refractivity contribution in [3.8, 4) is 5.75 Å². The molecule has 0 aliphatic heterocycles. The van der Waals surface area contributed by atoms with Crippen LogP contribution in [0.5, 0.6) is 5.75 Å². The second-order valence-electron chi connectivity index (χ2n) is 8.27. The van der Waals surface area contributed by atoms with Crippen molar-refractivity contribution < 1.29 is 29.6 Å². The Bertz CT molecular complexity index is 888. The fraction of sp³-hybridized carbons (Fsp3) is 0.417. The van der Waals surface area contributed by atoms with Gasteiger partial charge in [0.25, 0.3) is 0 Å². The third-order valence-corrected chi connectivity index (χ3v) is 4.73. The van der Waals surface area contributed by atoms with Crippen molar-refractivity contribution in [3.63, 3.8) is 0 Å². The van der Waals surface area contributed by atoms with E-state index in [0.29, 0.717) is 23.4 Å². The molecule has 0 bridgehead atoms. The summed E-state index contributed by atoms with van der Waals surface area (Å²) >= 11 is 0. The third-order valence-electron chi connectivity index (χ3n) is 4.73. The van der Waals surface area contributed by atoms with Gasteiger partial charge < -0.3 is 25.4 Å². The Labute approximate surface area is 182 Å². The topological polar surface area (TPSA) is 116 Å². The molecule has 0 unspecified atom stereocenters. The maximum absolute atomic E-state index is 11.1. The first kappa shape index (κ1) is 24.4. The Morgan fingerprint density at radius 2 is 1.68 bits per heavy atom. The Hall–Kier alpha value is -2.90. The number of hydrogen-bond acceptors (Lipinski definition) is 5. The van der Waals surface area contributed by atoms with Crippen molar-refractivity contribution in [3.05, 3.63) is 64.7 Å². The van der Waals surface area contributed by atoms with E-state index >= 15 is 0 Å². The monoisotopic (exact) mass is 429 g/mol. The fourth-order valence-corrected chi connectivity index (χ4v) is 3.22. The van der Waals surface area contributed by atoms with E-state index in [1.807, 2.05) is 24.3 Å². The number of aliphatic carboxylic acids is 2.